The lowest BCUT2D eigenvalue weighted by Crippen LogP contribution is -2.44. The molecule has 1 fully saturated rings. The Kier molecular flexibility index (Phi) is 4.78. The van der Waals surface area contributed by atoms with Crippen molar-refractivity contribution < 1.29 is 0 Å². The molecule has 4 aromatic rings. The van der Waals surface area contributed by atoms with E-state index in [-0.39, 0.29) is 0 Å². The van der Waals surface area contributed by atoms with Crippen molar-refractivity contribution in [3.63, 3.8) is 0 Å². The van der Waals surface area contributed by atoms with Crippen LogP contribution in [0.15, 0.2) is 79.1 Å². The average molecular weight is 383 g/mol. The van der Waals surface area contributed by atoms with Crippen molar-refractivity contribution in [1.29, 1.82) is 0 Å². The third-order valence-corrected chi connectivity index (χ3v) is 5.89. The van der Waals surface area contributed by atoms with Crippen LogP contribution in [0.25, 0.3) is 22.2 Å². The normalized spacial score (nSPS) is 15.1. The Balaban J connectivity index is 1.39. The molecule has 0 spiro atoms. The van der Waals surface area contributed by atoms with E-state index in [4.69, 9.17) is 0 Å². The topological polar surface area (TPSA) is 24.3 Å². The van der Waals surface area contributed by atoms with Gasteiger partial charge in [0, 0.05) is 61.8 Å². The molecule has 2 aromatic heterocycles. The van der Waals surface area contributed by atoms with Crippen LogP contribution in [0.1, 0.15) is 5.56 Å². The van der Waals surface area contributed by atoms with Crippen molar-refractivity contribution in [2.45, 2.75) is 6.54 Å². The number of likely N-dealkylation sites (N-methyl/N-ethyl adjacent to an activating group) is 1. The molecule has 0 atom stereocenters. The fourth-order valence-electron chi connectivity index (χ4n) is 4.18. The summed E-state index contributed by atoms with van der Waals surface area (Å²) >= 11 is 0. The predicted octanol–water partition coefficient (Wildman–Crippen LogP) is 4.50. The highest BCUT2D eigenvalue weighted by Crippen LogP contribution is 2.31. The van der Waals surface area contributed by atoms with E-state index in [1.54, 1.807) is 0 Å². The molecule has 0 unspecified atom stereocenters. The van der Waals surface area contributed by atoms with Crippen LogP contribution in [0.2, 0.25) is 0 Å². The second-order valence-corrected chi connectivity index (χ2v) is 7.86. The number of para-hydroxylation sites is 1. The minimum absolute atomic E-state index is 0.834. The highest BCUT2D eigenvalue weighted by atomic mass is 15.2. The van der Waals surface area contributed by atoms with Crippen LogP contribution in [0.5, 0.6) is 0 Å². The van der Waals surface area contributed by atoms with Crippen LogP contribution < -0.4 is 4.90 Å². The zero-order chi connectivity index (χ0) is 19.6. The van der Waals surface area contributed by atoms with E-state index >= 15 is 0 Å². The summed E-state index contributed by atoms with van der Waals surface area (Å²) in [5, 5.41) is 1.19. The number of pyridine rings is 1. The molecule has 146 valence electrons. The number of hydrogen-bond donors (Lipinski definition) is 0. The molecule has 0 amide bonds. The van der Waals surface area contributed by atoms with E-state index in [0.717, 1.165) is 38.4 Å². The maximum atomic E-state index is 4.53. The lowest BCUT2D eigenvalue weighted by atomic mass is 10.0. The molecule has 0 radical (unpaired) electrons. The zero-order valence-corrected chi connectivity index (χ0v) is 16.8. The summed E-state index contributed by atoms with van der Waals surface area (Å²) in [6, 6.07) is 24.0. The Bertz CT molecular complexity index is 1110. The number of anilines is 1. The van der Waals surface area contributed by atoms with E-state index in [1.807, 2.05) is 12.3 Å². The Morgan fingerprint density at radius 3 is 2.45 bits per heavy atom. The molecule has 29 heavy (non-hydrogen) atoms. The first-order valence-corrected chi connectivity index (χ1v) is 10.3. The van der Waals surface area contributed by atoms with E-state index in [2.05, 4.69) is 93.3 Å². The van der Waals surface area contributed by atoms with Crippen LogP contribution in [0.3, 0.4) is 0 Å². The molecule has 3 heterocycles. The molecule has 0 aliphatic carbocycles. The molecular formula is C25H26N4. The lowest BCUT2D eigenvalue weighted by Gasteiger charge is -2.35. The fraction of sp³-hybridized carbons (Fsp3) is 0.240. The highest BCUT2D eigenvalue weighted by molar-refractivity contribution is 5.79. The lowest BCUT2D eigenvalue weighted by molar-refractivity contribution is 0.313. The van der Waals surface area contributed by atoms with Gasteiger partial charge in [-0.15, -0.1) is 0 Å². The first-order valence-electron chi connectivity index (χ1n) is 10.3. The van der Waals surface area contributed by atoms with Gasteiger partial charge in [-0.25, -0.2) is 4.98 Å². The molecule has 4 heteroatoms. The number of aromatic nitrogens is 2. The number of nitrogens with zero attached hydrogens (tertiary/aromatic N) is 4. The van der Waals surface area contributed by atoms with Gasteiger partial charge < -0.3 is 14.4 Å². The van der Waals surface area contributed by atoms with Crippen molar-refractivity contribution in [2.24, 2.45) is 0 Å². The Hall–Kier alpha value is -3.11. The SMILES string of the molecule is CN1CCN(c2ccccc2-c2ccc(Cn3ccc4cccnc43)cc2)CC1. The van der Waals surface area contributed by atoms with Gasteiger partial charge >= 0.3 is 0 Å². The van der Waals surface area contributed by atoms with Crippen LogP contribution >= 0.6 is 0 Å². The van der Waals surface area contributed by atoms with Crippen LogP contribution in [-0.4, -0.2) is 47.7 Å². The zero-order valence-electron chi connectivity index (χ0n) is 16.8. The Labute approximate surface area is 172 Å². The molecule has 2 aromatic carbocycles. The van der Waals surface area contributed by atoms with Crippen molar-refractivity contribution in [3.05, 3.63) is 84.7 Å². The predicted molar refractivity (Wildman–Crippen MR) is 120 cm³/mol. The van der Waals surface area contributed by atoms with Gasteiger partial charge in [-0.3, -0.25) is 0 Å². The molecule has 1 aliphatic heterocycles. The monoisotopic (exact) mass is 382 g/mol. The van der Waals surface area contributed by atoms with Crippen LogP contribution in [-0.2, 0) is 6.54 Å². The van der Waals surface area contributed by atoms with Gasteiger partial charge in [0.15, 0.2) is 0 Å². The van der Waals surface area contributed by atoms with Gasteiger partial charge in [-0.2, -0.15) is 0 Å². The maximum absolute atomic E-state index is 4.53. The smallest absolute Gasteiger partial charge is 0.140 e. The summed E-state index contributed by atoms with van der Waals surface area (Å²) in [4.78, 5) is 9.44. The summed E-state index contributed by atoms with van der Waals surface area (Å²) in [6.45, 7) is 5.23. The first kappa shape index (κ1) is 18.0. The standard InChI is InChI=1S/C25H26N4/c1-27-15-17-28(18-16-27)24-7-3-2-6-23(24)21-10-8-20(9-11-21)19-29-14-12-22-5-4-13-26-25(22)29/h2-14H,15-19H2,1H3. The molecule has 0 bridgehead atoms. The third kappa shape index (κ3) is 3.64. The molecule has 0 saturated carbocycles. The van der Waals surface area contributed by atoms with Gasteiger partial charge in [-0.05, 0) is 42.4 Å². The summed E-state index contributed by atoms with van der Waals surface area (Å²) in [5.41, 5.74) is 6.26. The van der Waals surface area contributed by atoms with E-state index in [1.165, 1.54) is 27.8 Å². The van der Waals surface area contributed by atoms with Crippen molar-refractivity contribution in [3.8, 4) is 11.1 Å². The van der Waals surface area contributed by atoms with Gasteiger partial charge in [0.05, 0.1) is 0 Å². The molecule has 5 rings (SSSR count). The molecule has 4 nitrogen and oxygen atoms in total. The van der Waals surface area contributed by atoms with Gasteiger partial charge in [0.25, 0.3) is 0 Å². The summed E-state index contributed by atoms with van der Waals surface area (Å²) < 4.78 is 2.21. The van der Waals surface area contributed by atoms with Crippen LogP contribution in [0, 0.1) is 0 Å². The minimum atomic E-state index is 0.834. The fourth-order valence-corrected chi connectivity index (χ4v) is 4.18. The molecular weight excluding hydrogens is 356 g/mol. The average Bonchev–Trinajstić information content (AvgIpc) is 3.18. The van der Waals surface area contributed by atoms with E-state index in [9.17, 15) is 0 Å². The van der Waals surface area contributed by atoms with Crippen molar-refractivity contribution in [1.82, 2.24) is 14.5 Å². The Morgan fingerprint density at radius 1 is 0.828 bits per heavy atom. The van der Waals surface area contributed by atoms with Crippen molar-refractivity contribution in [2.75, 3.05) is 38.1 Å². The number of piperazine rings is 1. The maximum Gasteiger partial charge on any atom is 0.140 e. The summed E-state index contributed by atoms with van der Waals surface area (Å²) in [7, 11) is 2.20. The number of hydrogen-bond acceptors (Lipinski definition) is 3. The minimum Gasteiger partial charge on any atom is -0.368 e. The summed E-state index contributed by atoms with van der Waals surface area (Å²) in [5.74, 6) is 0. The van der Waals surface area contributed by atoms with Gasteiger partial charge in [-0.1, -0.05) is 42.5 Å². The highest BCUT2D eigenvalue weighted by Gasteiger charge is 2.17. The second-order valence-electron chi connectivity index (χ2n) is 7.86. The van der Waals surface area contributed by atoms with E-state index < -0.39 is 0 Å². The third-order valence-electron chi connectivity index (χ3n) is 5.89. The molecule has 0 N–H and O–H groups in total. The molecule has 1 aliphatic rings. The Morgan fingerprint density at radius 2 is 1.62 bits per heavy atom. The number of rotatable bonds is 4. The molecule has 1 saturated heterocycles. The number of fused-ring (bicyclic) bond motifs is 1. The van der Waals surface area contributed by atoms with Gasteiger partial charge in [0.2, 0.25) is 0 Å². The number of benzene rings is 2. The summed E-state index contributed by atoms with van der Waals surface area (Å²) in [6.07, 6.45) is 3.98. The second kappa shape index (κ2) is 7.72. The first-order chi connectivity index (χ1) is 14.3. The van der Waals surface area contributed by atoms with Crippen molar-refractivity contribution >= 4 is 16.7 Å². The van der Waals surface area contributed by atoms with E-state index in [0.29, 0.717) is 0 Å². The largest absolute Gasteiger partial charge is 0.368 e. The van der Waals surface area contributed by atoms with Crippen LogP contribution in [0.4, 0.5) is 5.69 Å². The quantitative estimate of drug-likeness (QED) is 0.519. The van der Waals surface area contributed by atoms with Gasteiger partial charge in [0.1, 0.15) is 5.65 Å².